The van der Waals surface area contributed by atoms with Crippen molar-refractivity contribution in [2.45, 2.75) is 12.7 Å². The van der Waals surface area contributed by atoms with E-state index >= 15 is 0 Å². The van der Waals surface area contributed by atoms with E-state index in [4.69, 9.17) is 11.5 Å². The monoisotopic (exact) mass is 420 g/mol. The topological polar surface area (TPSA) is 95.6 Å². The highest BCUT2D eigenvalue weighted by molar-refractivity contribution is 5.85. The number of hydrogen-bond donors (Lipinski definition) is 2. The summed E-state index contributed by atoms with van der Waals surface area (Å²) in [6.07, 6.45) is -3.04. The lowest BCUT2D eigenvalue weighted by atomic mass is 10.2. The molecule has 0 atom stereocenters. The predicted octanol–water partition coefficient (Wildman–Crippen LogP) is 3.96. The van der Waals surface area contributed by atoms with Crippen LogP contribution in [0.1, 0.15) is 11.3 Å². The van der Waals surface area contributed by atoms with Crippen molar-refractivity contribution in [2.75, 3.05) is 5.73 Å². The summed E-state index contributed by atoms with van der Waals surface area (Å²) in [6.45, 7) is 0.351. The molecule has 4 aromatic rings. The van der Waals surface area contributed by atoms with Crippen molar-refractivity contribution < 1.29 is 13.2 Å². The molecule has 6 nitrogen and oxygen atoms in total. The summed E-state index contributed by atoms with van der Waals surface area (Å²) in [5, 5.41) is 0. The number of benzene rings is 1. The van der Waals surface area contributed by atoms with E-state index in [1.165, 1.54) is 16.8 Å². The molecule has 0 radical (unpaired) electrons. The second-order valence-electron chi connectivity index (χ2n) is 6.11. The summed E-state index contributed by atoms with van der Waals surface area (Å²) in [7, 11) is 0. The summed E-state index contributed by atoms with van der Waals surface area (Å²) in [4.78, 5) is 12.4. The van der Waals surface area contributed by atoms with Gasteiger partial charge in [-0.25, -0.2) is 15.0 Å². The maximum atomic E-state index is 13.2. The number of hydrogen-bond acceptors (Lipinski definition) is 5. The van der Waals surface area contributed by atoms with E-state index in [1.807, 2.05) is 0 Å². The molecule has 0 spiro atoms. The molecule has 0 fully saturated rings. The standard InChI is InChI=1S/C19H15F3N6.ClH/c20-19(21,22)15-8-7-14-18(27-15)28(12-5-3-11(10-23)4-6-12)17(26-14)13-2-1-9-25-16(13)24;/h1-9H,10,23H2,(H2,24,25);1H. The first-order valence-electron chi connectivity index (χ1n) is 8.35. The highest BCUT2D eigenvalue weighted by Crippen LogP contribution is 2.33. The van der Waals surface area contributed by atoms with Crippen LogP contribution in [0.5, 0.6) is 0 Å². The van der Waals surface area contributed by atoms with Crippen LogP contribution >= 0.6 is 12.4 Å². The van der Waals surface area contributed by atoms with Crippen LogP contribution in [0.15, 0.2) is 54.7 Å². The Bertz CT molecular complexity index is 1160. The van der Waals surface area contributed by atoms with Gasteiger partial charge in [-0.05, 0) is 42.0 Å². The lowest BCUT2D eigenvalue weighted by Crippen LogP contribution is -2.09. The summed E-state index contributed by atoms with van der Waals surface area (Å²) in [5.74, 6) is 0.571. The SMILES string of the molecule is Cl.NCc1ccc(-n2c(-c3cccnc3N)nc3ccc(C(F)(F)F)nc32)cc1. The Balaban J connectivity index is 0.00000240. The Labute approximate surface area is 169 Å². The molecule has 0 aliphatic carbocycles. The van der Waals surface area contributed by atoms with Gasteiger partial charge in [-0.15, -0.1) is 12.4 Å². The van der Waals surface area contributed by atoms with Gasteiger partial charge >= 0.3 is 6.18 Å². The second-order valence-corrected chi connectivity index (χ2v) is 6.11. The van der Waals surface area contributed by atoms with Crippen molar-refractivity contribution in [3.05, 3.63) is 66.0 Å². The molecule has 0 aliphatic heterocycles. The minimum atomic E-state index is -4.57. The zero-order valence-electron chi connectivity index (χ0n) is 14.9. The molecule has 3 aromatic heterocycles. The molecule has 4 rings (SSSR count). The first-order valence-corrected chi connectivity index (χ1v) is 8.35. The molecule has 150 valence electrons. The van der Waals surface area contributed by atoms with Crippen molar-refractivity contribution in [1.29, 1.82) is 0 Å². The Kier molecular flexibility index (Phi) is 5.45. The summed E-state index contributed by atoms with van der Waals surface area (Å²) < 4.78 is 41.2. The van der Waals surface area contributed by atoms with Crippen LogP contribution in [-0.4, -0.2) is 19.5 Å². The number of nitrogens with two attached hydrogens (primary N) is 2. The quantitative estimate of drug-likeness (QED) is 0.523. The van der Waals surface area contributed by atoms with E-state index in [0.717, 1.165) is 11.6 Å². The Morgan fingerprint density at radius 3 is 2.31 bits per heavy atom. The molecular weight excluding hydrogens is 405 g/mol. The lowest BCUT2D eigenvalue weighted by molar-refractivity contribution is -0.141. The number of nitrogen functional groups attached to an aromatic ring is 1. The van der Waals surface area contributed by atoms with Crippen LogP contribution in [0.25, 0.3) is 28.2 Å². The van der Waals surface area contributed by atoms with Gasteiger partial charge in [0.05, 0.1) is 5.56 Å². The molecule has 0 aliphatic rings. The van der Waals surface area contributed by atoms with Crippen molar-refractivity contribution in [2.24, 2.45) is 5.73 Å². The van der Waals surface area contributed by atoms with Crippen molar-refractivity contribution in [3.63, 3.8) is 0 Å². The maximum absolute atomic E-state index is 13.2. The van der Waals surface area contributed by atoms with Gasteiger partial charge < -0.3 is 11.5 Å². The molecule has 10 heteroatoms. The Morgan fingerprint density at radius 1 is 0.966 bits per heavy atom. The predicted molar refractivity (Wildman–Crippen MR) is 107 cm³/mol. The van der Waals surface area contributed by atoms with Crippen molar-refractivity contribution in [1.82, 2.24) is 19.5 Å². The first-order chi connectivity index (χ1) is 13.4. The number of aromatic nitrogens is 4. The minimum absolute atomic E-state index is 0. The van der Waals surface area contributed by atoms with E-state index in [0.29, 0.717) is 29.1 Å². The molecule has 0 bridgehead atoms. The zero-order valence-corrected chi connectivity index (χ0v) is 15.7. The normalized spacial score (nSPS) is 11.4. The maximum Gasteiger partial charge on any atom is 0.433 e. The third kappa shape index (κ3) is 3.74. The third-order valence-corrected chi connectivity index (χ3v) is 4.30. The summed E-state index contributed by atoms with van der Waals surface area (Å²) in [6, 6.07) is 12.7. The fourth-order valence-electron chi connectivity index (χ4n) is 2.93. The minimum Gasteiger partial charge on any atom is -0.383 e. The number of pyridine rings is 2. The molecule has 0 saturated carbocycles. The van der Waals surface area contributed by atoms with Gasteiger partial charge in [0.1, 0.15) is 17.0 Å². The summed E-state index contributed by atoms with van der Waals surface area (Å²) in [5.41, 5.74) is 13.0. The molecule has 4 N–H and O–H groups in total. The van der Waals surface area contributed by atoms with Gasteiger partial charge in [0.15, 0.2) is 11.5 Å². The smallest absolute Gasteiger partial charge is 0.383 e. The number of imidazole rings is 1. The number of halogens is 4. The number of anilines is 1. The number of nitrogens with zero attached hydrogens (tertiary/aromatic N) is 4. The number of rotatable bonds is 3. The summed E-state index contributed by atoms with van der Waals surface area (Å²) >= 11 is 0. The van der Waals surface area contributed by atoms with Crippen LogP contribution < -0.4 is 11.5 Å². The van der Waals surface area contributed by atoms with Crippen LogP contribution in [0.3, 0.4) is 0 Å². The average Bonchev–Trinajstić information content (AvgIpc) is 3.06. The fraction of sp³-hybridized carbons (Fsp3) is 0.105. The average molecular weight is 421 g/mol. The molecule has 0 saturated heterocycles. The van der Waals surface area contributed by atoms with Gasteiger partial charge in [-0.1, -0.05) is 12.1 Å². The Hall–Kier alpha value is -3.17. The molecule has 29 heavy (non-hydrogen) atoms. The van der Waals surface area contributed by atoms with Crippen molar-refractivity contribution in [3.8, 4) is 17.1 Å². The van der Waals surface area contributed by atoms with Crippen LogP contribution in [0, 0.1) is 0 Å². The van der Waals surface area contributed by atoms with E-state index in [-0.39, 0.29) is 23.9 Å². The molecule has 0 unspecified atom stereocenters. The van der Waals surface area contributed by atoms with E-state index in [1.54, 1.807) is 36.4 Å². The number of fused-ring (bicyclic) bond motifs is 1. The van der Waals surface area contributed by atoms with Gasteiger partial charge in [0.2, 0.25) is 0 Å². The Morgan fingerprint density at radius 2 is 1.69 bits per heavy atom. The van der Waals surface area contributed by atoms with Gasteiger partial charge in [0.25, 0.3) is 0 Å². The number of alkyl halides is 3. The largest absolute Gasteiger partial charge is 0.433 e. The highest BCUT2D eigenvalue weighted by Gasteiger charge is 2.33. The van der Waals surface area contributed by atoms with Crippen LogP contribution in [-0.2, 0) is 12.7 Å². The van der Waals surface area contributed by atoms with Gasteiger partial charge in [0, 0.05) is 18.4 Å². The highest BCUT2D eigenvalue weighted by atomic mass is 35.5. The molecule has 0 amide bonds. The lowest BCUT2D eigenvalue weighted by Gasteiger charge is -2.11. The van der Waals surface area contributed by atoms with Crippen LogP contribution in [0.4, 0.5) is 19.0 Å². The fourth-order valence-corrected chi connectivity index (χ4v) is 2.93. The van der Waals surface area contributed by atoms with E-state index in [2.05, 4.69) is 15.0 Å². The first kappa shape index (κ1) is 20.6. The van der Waals surface area contributed by atoms with Crippen LogP contribution in [0.2, 0.25) is 0 Å². The molecular formula is C19H16ClF3N6. The molecule has 1 aromatic carbocycles. The molecule has 3 heterocycles. The van der Waals surface area contributed by atoms with Gasteiger partial charge in [-0.3, -0.25) is 4.57 Å². The zero-order chi connectivity index (χ0) is 19.9. The van der Waals surface area contributed by atoms with E-state index in [9.17, 15) is 13.2 Å². The second kappa shape index (κ2) is 7.69. The van der Waals surface area contributed by atoms with E-state index < -0.39 is 11.9 Å². The van der Waals surface area contributed by atoms with Crippen molar-refractivity contribution >= 4 is 29.4 Å². The van der Waals surface area contributed by atoms with Gasteiger partial charge in [-0.2, -0.15) is 13.2 Å². The third-order valence-electron chi connectivity index (χ3n) is 4.30.